The summed E-state index contributed by atoms with van der Waals surface area (Å²) in [5, 5.41) is 0.806. The molecular weight excluding hydrogens is 383 g/mol. The monoisotopic (exact) mass is 402 g/mol. The zero-order valence-corrected chi connectivity index (χ0v) is 15.7. The van der Waals surface area contributed by atoms with E-state index in [2.05, 4.69) is 20.8 Å². The van der Waals surface area contributed by atoms with Gasteiger partial charge in [0.1, 0.15) is 0 Å². The number of aromatic amines is 1. The molecule has 0 atom stereocenters. The van der Waals surface area contributed by atoms with Crippen LogP contribution in [0.15, 0.2) is 53.7 Å². The second-order valence-corrected chi connectivity index (χ2v) is 6.91. The number of aromatic nitrogens is 2. The van der Waals surface area contributed by atoms with E-state index in [1.807, 2.05) is 24.3 Å². The third-order valence-corrected chi connectivity index (χ3v) is 4.65. The third kappa shape index (κ3) is 5.71. The van der Waals surface area contributed by atoms with Gasteiger partial charge in [0.2, 0.25) is 5.91 Å². The molecular formula is C19H19FN4O3S. The molecule has 2 amide bonds. The van der Waals surface area contributed by atoms with Crippen molar-refractivity contribution in [1.29, 1.82) is 0 Å². The summed E-state index contributed by atoms with van der Waals surface area (Å²) in [7, 11) is 0. The molecule has 9 heteroatoms. The molecule has 0 fully saturated rings. The molecule has 3 aromatic rings. The Morgan fingerprint density at radius 2 is 1.82 bits per heavy atom. The molecule has 3 rings (SSSR count). The van der Waals surface area contributed by atoms with Crippen LogP contribution in [0.4, 0.5) is 4.39 Å². The summed E-state index contributed by atoms with van der Waals surface area (Å²) in [4.78, 5) is 31.1. The Morgan fingerprint density at radius 1 is 1.07 bits per heavy atom. The van der Waals surface area contributed by atoms with Crippen molar-refractivity contribution in [1.82, 2.24) is 20.8 Å². The molecule has 0 aliphatic carbocycles. The van der Waals surface area contributed by atoms with Gasteiger partial charge in [0, 0.05) is 12.2 Å². The van der Waals surface area contributed by atoms with Crippen molar-refractivity contribution in [2.75, 3.05) is 12.4 Å². The van der Waals surface area contributed by atoms with Gasteiger partial charge in [-0.2, -0.15) is 0 Å². The van der Waals surface area contributed by atoms with E-state index in [1.165, 1.54) is 30.0 Å². The van der Waals surface area contributed by atoms with Crippen molar-refractivity contribution in [2.45, 2.75) is 18.0 Å². The fraction of sp³-hybridized carbons (Fsp3) is 0.211. The predicted octanol–water partition coefficient (Wildman–Crippen LogP) is 2.80. The first kappa shape index (κ1) is 19.7. The SMILES string of the molecule is O=C(CCCSc1nc2ccccc2[nH]1)NNC(=O)COc1ccccc1F. The average molecular weight is 402 g/mol. The number of thioether (sulfide) groups is 1. The number of H-pyrrole nitrogens is 1. The Bertz CT molecular complexity index is 930. The number of imidazole rings is 1. The number of carbonyl (C=O) groups is 2. The quantitative estimate of drug-likeness (QED) is 0.306. The van der Waals surface area contributed by atoms with Crippen LogP contribution < -0.4 is 15.6 Å². The van der Waals surface area contributed by atoms with Gasteiger partial charge in [0.15, 0.2) is 23.3 Å². The predicted molar refractivity (Wildman–Crippen MR) is 104 cm³/mol. The Balaban J connectivity index is 1.30. The molecule has 1 heterocycles. The molecule has 0 radical (unpaired) electrons. The fourth-order valence-corrected chi connectivity index (χ4v) is 3.17. The summed E-state index contributed by atoms with van der Waals surface area (Å²) in [6, 6.07) is 13.5. The van der Waals surface area contributed by atoms with Crippen molar-refractivity contribution in [3.8, 4) is 5.75 Å². The van der Waals surface area contributed by atoms with Crippen molar-refractivity contribution >= 4 is 34.6 Å². The van der Waals surface area contributed by atoms with Crippen LogP contribution in [0.5, 0.6) is 5.75 Å². The number of benzene rings is 2. The van der Waals surface area contributed by atoms with Crippen LogP contribution in [0.3, 0.4) is 0 Å². The van der Waals surface area contributed by atoms with E-state index in [4.69, 9.17) is 4.74 Å². The molecule has 7 nitrogen and oxygen atoms in total. The Labute approximate surface area is 165 Å². The number of para-hydroxylation sites is 3. The first-order valence-electron chi connectivity index (χ1n) is 8.64. The van der Waals surface area contributed by atoms with E-state index in [0.717, 1.165) is 16.2 Å². The molecule has 1 aromatic heterocycles. The number of nitrogens with zero attached hydrogens (tertiary/aromatic N) is 1. The molecule has 0 aliphatic rings. The Kier molecular flexibility index (Phi) is 6.85. The molecule has 0 saturated carbocycles. The van der Waals surface area contributed by atoms with Crippen LogP contribution in [0.1, 0.15) is 12.8 Å². The summed E-state index contributed by atoms with van der Waals surface area (Å²) in [5.41, 5.74) is 6.43. The number of carbonyl (C=O) groups excluding carboxylic acids is 2. The van der Waals surface area contributed by atoms with Gasteiger partial charge in [-0.15, -0.1) is 0 Å². The smallest absolute Gasteiger partial charge is 0.276 e. The number of fused-ring (bicyclic) bond motifs is 1. The standard InChI is InChI=1S/C19H19FN4O3S/c20-13-6-1-4-9-16(13)27-12-18(26)24-23-17(25)10-5-11-28-19-21-14-7-2-3-8-15(14)22-19/h1-4,6-9H,5,10-12H2,(H,21,22)(H,23,25)(H,24,26). The van der Waals surface area contributed by atoms with Crippen LogP contribution in [0.2, 0.25) is 0 Å². The second kappa shape index (κ2) is 9.75. The number of nitrogens with one attached hydrogen (secondary N) is 3. The molecule has 3 N–H and O–H groups in total. The van der Waals surface area contributed by atoms with E-state index in [9.17, 15) is 14.0 Å². The van der Waals surface area contributed by atoms with Crippen LogP contribution >= 0.6 is 11.8 Å². The van der Waals surface area contributed by atoms with Gasteiger partial charge in [-0.05, 0) is 30.7 Å². The first-order valence-corrected chi connectivity index (χ1v) is 9.63. The highest BCUT2D eigenvalue weighted by Gasteiger charge is 2.08. The Morgan fingerprint density at radius 3 is 2.64 bits per heavy atom. The minimum Gasteiger partial charge on any atom is -0.481 e. The summed E-state index contributed by atoms with van der Waals surface area (Å²) < 4.78 is 18.4. The lowest BCUT2D eigenvalue weighted by molar-refractivity contribution is -0.130. The average Bonchev–Trinajstić information content (AvgIpc) is 3.12. The summed E-state index contributed by atoms with van der Waals surface area (Å²) in [5.74, 6) is -0.761. The normalized spacial score (nSPS) is 10.6. The van der Waals surface area contributed by atoms with E-state index in [0.29, 0.717) is 12.2 Å². The molecule has 28 heavy (non-hydrogen) atoms. The molecule has 0 spiro atoms. The summed E-state index contributed by atoms with van der Waals surface area (Å²) >= 11 is 1.53. The fourth-order valence-electron chi connectivity index (χ4n) is 2.34. The highest BCUT2D eigenvalue weighted by molar-refractivity contribution is 7.99. The maximum atomic E-state index is 13.4. The summed E-state index contributed by atoms with van der Waals surface area (Å²) in [6.07, 6.45) is 0.872. The molecule has 0 saturated heterocycles. The van der Waals surface area contributed by atoms with Crippen molar-refractivity contribution < 1.29 is 18.7 Å². The van der Waals surface area contributed by atoms with Gasteiger partial charge in [-0.1, -0.05) is 36.0 Å². The van der Waals surface area contributed by atoms with Gasteiger partial charge < -0.3 is 9.72 Å². The van der Waals surface area contributed by atoms with E-state index >= 15 is 0 Å². The largest absolute Gasteiger partial charge is 0.481 e. The van der Waals surface area contributed by atoms with Crippen molar-refractivity contribution in [3.05, 3.63) is 54.3 Å². The van der Waals surface area contributed by atoms with Gasteiger partial charge in [0.25, 0.3) is 5.91 Å². The lowest BCUT2D eigenvalue weighted by Crippen LogP contribution is -2.43. The van der Waals surface area contributed by atoms with Gasteiger partial charge in [-0.25, -0.2) is 9.37 Å². The topological polar surface area (TPSA) is 96.1 Å². The van der Waals surface area contributed by atoms with Crippen molar-refractivity contribution in [3.63, 3.8) is 0 Å². The molecule has 146 valence electrons. The minimum absolute atomic E-state index is 0.0217. The van der Waals surface area contributed by atoms with E-state index in [1.54, 1.807) is 6.07 Å². The maximum absolute atomic E-state index is 13.4. The molecule has 0 unspecified atom stereocenters. The lowest BCUT2D eigenvalue weighted by atomic mass is 10.3. The van der Waals surface area contributed by atoms with Crippen LogP contribution in [-0.2, 0) is 9.59 Å². The number of halogens is 1. The number of hydrazine groups is 1. The van der Waals surface area contributed by atoms with Crippen LogP contribution in [0.25, 0.3) is 11.0 Å². The van der Waals surface area contributed by atoms with Gasteiger partial charge in [-0.3, -0.25) is 20.4 Å². The zero-order chi connectivity index (χ0) is 19.8. The zero-order valence-electron chi connectivity index (χ0n) is 14.9. The van der Waals surface area contributed by atoms with Gasteiger partial charge >= 0.3 is 0 Å². The van der Waals surface area contributed by atoms with Gasteiger partial charge in [0.05, 0.1) is 11.0 Å². The van der Waals surface area contributed by atoms with E-state index < -0.39 is 18.3 Å². The van der Waals surface area contributed by atoms with E-state index in [-0.39, 0.29) is 18.1 Å². The molecule has 2 aromatic carbocycles. The summed E-state index contributed by atoms with van der Waals surface area (Å²) in [6.45, 7) is -0.400. The molecule has 0 bridgehead atoms. The number of ether oxygens (including phenoxy) is 1. The first-order chi connectivity index (χ1) is 13.6. The number of amides is 2. The minimum atomic E-state index is -0.576. The van der Waals surface area contributed by atoms with Crippen LogP contribution in [0, 0.1) is 5.82 Å². The molecule has 0 aliphatic heterocycles. The van der Waals surface area contributed by atoms with Crippen molar-refractivity contribution in [2.24, 2.45) is 0 Å². The number of hydrogen-bond donors (Lipinski definition) is 3. The second-order valence-electron chi connectivity index (χ2n) is 5.83. The number of rotatable bonds is 8. The van der Waals surface area contributed by atoms with Crippen LogP contribution in [-0.4, -0.2) is 34.1 Å². The lowest BCUT2D eigenvalue weighted by Gasteiger charge is -2.09. The highest BCUT2D eigenvalue weighted by atomic mass is 32.2. The third-order valence-electron chi connectivity index (χ3n) is 3.69. The Hall–Kier alpha value is -3.07. The highest BCUT2D eigenvalue weighted by Crippen LogP contribution is 2.20. The number of hydrogen-bond acceptors (Lipinski definition) is 5. The maximum Gasteiger partial charge on any atom is 0.276 e.